The number of benzene rings is 1. The van der Waals surface area contributed by atoms with Gasteiger partial charge in [0.1, 0.15) is 5.75 Å². The van der Waals surface area contributed by atoms with Gasteiger partial charge in [0.05, 0.1) is 12.9 Å². The summed E-state index contributed by atoms with van der Waals surface area (Å²) in [5.74, 6) is 0.899. The molecule has 0 saturated carbocycles. The molecule has 0 atom stereocenters. The third-order valence-corrected chi connectivity index (χ3v) is 5.65. The van der Waals surface area contributed by atoms with Crippen molar-refractivity contribution in [2.45, 2.75) is 45.1 Å². The monoisotopic (exact) mass is 368 g/mol. The van der Waals surface area contributed by atoms with E-state index in [4.69, 9.17) is 4.74 Å². The summed E-state index contributed by atoms with van der Waals surface area (Å²) in [6.45, 7) is 3.59. The van der Waals surface area contributed by atoms with Crippen molar-refractivity contribution in [3.8, 4) is 5.75 Å². The Labute approximate surface area is 150 Å². The van der Waals surface area contributed by atoms with Gasteiger partial charge in [-0.1, -0.05) is 12.1 Å². The summed E-state index contributed by atoms with van der Waals surface area (Å²) < 4.78 is 30.1. The number of unbranched alkanes of at least 4 members (excludes halogenated alkanes) is 1. The van der Waals surface area contributed by atoms with E-state index in [0.29, 0.717) is 39.0 Å². The molecule has 0 spiro atoms. The van der Waals surface area contributed by atoms with Gasteiger partial charge in [-0.25, -0.2) is 12.7 Å². The van der Waals surface area contributed by atoms with Crippen LogP contribution >= 0.6 is 0 Å². The lowest BCUT2D eigenvalue weighted by molar-refractivity contribution is -0.122. The largest absolute Gasteiger partial charge is 0.494 e. The zero-order chi connectivity index (χ0) is 18.3. The summed E-state index contributed by atoms with van der Waals surface area (Å²) in [4.78, 5) is 12.0. The second kappa shape index (κ2) is 9.20. The zero-order valence-electron chi connectivity index (χ0n) is 15.0. The van der Waals surface area contributed by atoms with Gasteiger partial charge in [0.2, 0.25) is 15.9 Å². The topological polar surface area (TPSA) is 75.7 Å². The molecule has 0 aliphatic carbocycles. The van der Waals surface area contributed by atoms with Crippen molar-refractivity contribution in [1.29, 1.82) is 0 Å². The molecule has 140 valence electrons. The zero-order valence-corrected chi connectivity index (χ0v) is 15.8. The van der Waals surface area contributed by atoms with Gasteiger partial charge >= 0.3 is 0 Å². The highest BCUT2D eigenvalue weighted by Gasteiger charge is 2.25. The summed E-state index contributed by atoms with van der Waals surface area (Å²) in [7, 11) is -3.12. The Hall–Kier alpha value is -1.60. The molecule has 7 heteroatoms. The van der Waals surface area contributed by atoms with Crippen LogP contribution in [0.15, 0.2) is 24.3 Å². The van der Waals surface area contributed by atoms with E-state index in [1.54, 1.807) is 0 Å². The maximum Gasteiger partial charge on any atom is 0.220 e. The van der Waals surface area contributed by atoms with E-state index < -0.39 is 10.0 Å². The number of amides is 1. The van der Waals surface area contributed by atoms with Crippen molar-refractivity contribution in [2.75, 3.05) is 26.0 Å². The van der Waals surface area contributed by atoms with Gasteiger partial charge in [0.25, 0.3) is 0 Å². The maximum atomic E-state index is 12.0. The lowest BCUT2D eigenvalue weighted by atomic mass is 10.1. The van der Waals surface area contributed by atoms with Crippen LogP contribution in [0.3, 0.4) is 0 Å². The van der Waals surface area contributed by atoms with Crippen LogP contribution in [0.1, 0.15) is 37.7 Å². The van der Waals surface area contributed by atoms with Gasteiger partial charge in [-0.15, -0.1) is 0 Å². The summed E-state index contributed by atoms with van der Waals surface area (Å²) in [5.41, 5.74) is 1.17. The van der Waals surface area contributed by atoms with Crippen LogP contribution in [0.4, 0.5) is 0 Å². The highest BCUT2D eigenvalue weighted by Crippen LogP contribution is 2.14. The maximum absolute atomic E-state index is 12.0. The number of nitrogens with zero attached hydrogens (tertiary/aromatic N) is 1. The first-order valence-electron chi connectivity index (χ1n) is 8.78. The minimum atomic E-state index is -3.12. The molecule has 25 heavy (non-hydrogen) atoms. The number of hydrogen-bond donors (Lipinski definition) is 1. The summed E-state index contributed by atoms with van der Waals surface area (Å²) >= 11 is 0. The van der Waals surface area contributed by atoms with Gasteiger partial charge in [0, 0.05) is 25.6 Å². The number of sulfonamides is 1. The van der Waals surface area contributed by atoms with Crippen LogP contribution in [0.2, 0.25) is 0 Å². The number of nitrogens with one attached hydrogen (secondary N) is 1. The average Bonchev–Trinajstić information content (AvgIpc) is 2.54. The second-order valence-corrected chi connectivity index (χ2v) is 8.61. The van der Waals surface area contributed by atoms with Gasteiger partial charge < -0.3 is 10.1 Å². The summed E-state index contributed by atoms with van der Waals surface area (Å²) in [5, 5.41) is 3.01. The average molecular weight is 368 g/mol. The Morgan fingerprint density at radius 1 is 1.28 bits per heavy atom. The Balaban J connectivity index is 1.57. The van der Waals surface area contributed by atoms with Gasteiger partial charge in [-0.3, -0.25) is 4.79 Å². The first-order chi connectivity index (χ1) is 11.8. The smallest absolute Gasteiger partial charge is 0.220 e. The molecular weight excluding hydrogens is 340 g/mol. The number of aryl methyl sites for hydroxylation is 1. The van der Waals surface area contributed by atoms with Crippen molar-refractivity contribution >= 4 is 15.9 Å². The molecule has 6 nitrogen and oxygen atoms in total. The number of carbonyl (C=O) groups is 1. The Kier molecular flexibility index (Phi) is 7.25. The lowest BCUT2D eigenvalue weighted by Crippen LogP contribution is -2.46. The van der Waals surface area contributed by atoms with Crippen LogP contribution in [0.25, 0.3) is 0 Å². The van der Waals surface area contributed by atoms with E-state index in [2.05, 4.69) is 5.32 Å². The fraction of sp³-hybridized carbons (Fsp3) is 0.611. The van der Waals surface area contributed by atoms with Crippen LogP contribution in [-0.2, 0) is 14.8 Å². The highest BCUT2D eigenvalue weighted by atomic mass is 32.2. The molecular formula is C18H28N2O4S. The van der Waals surface area contributed by atoms with Gasteiger partial charge in [-0.2, -0.15) is 0 Å². The second-order valence-electron chi connectivity index (χ2n) is 6.63. The first-order valence-corrected chi connectivity index (χ1v) is 10.6. The lowest BCUT2D eigenvalue weighted by Gasteiger charge is -2.30. The summed E-state index contributed by atoms with van der Waals surface area (Å²) in [6, 6.07) is 8.00. The van der Waals surface area contributed by atoms with Crippen LogP contribution < -0.4 is 10.1 Å². The molecule has 1 saturated heterocycles. The van der Waals surface area contributed by atoms with E-state index in [1.165, 1.54) is 16.1 Å². The fourth-order valence-corrected chi connectivity index (χ4v) is 3.79. The molecule has 0 bridgehead atoms. The predicted octanol–water partition coefficient (Wildman–Crippen LogP) is 2.08. The molecule has 1 aromatic carbocycles. The number of ether oxygens (including phenoxy) is 1. The Morgan fingerprint density at radius 3 is 2.64 bits per heavy atom. The SMILES string of the molecule is Cc1cccc(OCCCCC(=O)NC2CCN(S(C)(=O)=O)CC2)c1. The van der Waals surface area contributed by atoms with Crippen LogP contribution in [0, 0.1) is 6.92 Å². The van der Waals surface area contributed by atoms with Crippen molar-refractivity contribution in [3.63, 3.8) is 0 Å². The molecule has 1 heterocycles. The summed E-state index contributed by atoms with van der Waals surface area (Å²) in [6.07, 6.45) is 4.66. The predicted molar refractivity (Wildman–Crippen MR) is 98.1 cm³/mol. The minimum absolute atomic E-state index is 0.0355. The normalized spacial score (nSPS) is 16.6. The highest BCUT2D eigenvalue weighted by molar-refractivity contribution is 7.88. The van der Waals surface area contributed by atoms with E-state index in [9.17, 15) is 13.2 Å². The van der Waals surface area contributed by atoms with Crippen LogP contribution in [-0.4, -0.2) is 50.6 Å². The van der Waals surface area contributed by atoms with Gasteiger partial charge in [-0.05, 0) is 50.3 Å². The minimum Gasteiger partial charge on any atom is -0.494 e. The third-order valence-electron chi connectivity index (χ3n) is 4.34. The van der Waals surface area contributed by atoms with E-state index >= 15 is 0 Å². The van der Waals surface area contributed by atoms with E-state index in [1.807, 2.05) is 31.2 Å². The van der Waals surface area contributed by atoms with Gasteiger partial charge in [0.15, 0.2) is 0 Å². The van der Waals surface area contributed by atoms with E-state index in [-0.39, 0.29) is 11.9 Å². The van der Waals surface area contributed by atoms with Crippen LogP contribution in [0.5, 0.6) is 5.75 Å². The number of carbonyl (C=O) groups excluding carboxylic acids is 1. The molecule has 2 rings (SSSR count). The standard InChI is InChI=1S/C18H28N2O4S/c1-15-6-5-7-17(14-15)24-13-4-3-8-18(21)19-16-9-11-20(12-10-16)25(2,22)23/h5-7,14,16H,3-4,8-13H2,1-2H3,(H,19,21). The number of rotatable bonds is 8. The Bertz CT molecular complexity index is 667. The quantitative estimate of drug-likeness (QED) is 0.713. The van der Waals surface area contributed by atoms with Crippen molar-refractivity contribution in [3.05, 3.63) is 29.8 Å². The molecule has 1 aliphatic heterocycles. The molecule has 1 amide bonds. The number of piperidine rings is 1. The van der Waals surface area contributed by atoms with Crippen molar-refractivity contribution < 1.29 is 17.9 Å². The Morgan fingerprint density at radius 2 is 2.00 bits per heavy atom. The fourth-order valence-electron chi connectivity index (χ4n) is 2.91. The van der Waals surface area contributed by atoms with E-state index in [0.717, 1.165) is 18.6 Å². The number of hydrogen-bond acceptors (Lipinski definition) is 4. The molecule has 1 aromatic rings. The molecule has 0 radical (unpaired) electrons. The molecule has 1 fully saturated rings. The first kappa shape index (κ1) is 19.7. The third kappa shape index (κ3) is 7.04. The molecule has 1 aliphatic rings. The molecule has 1 N–H and O–H groups in total. The molecule has 0 aromatic heterocycles. The van der Waals surface area contributed by atoms with Crippen molar-refractivity contribution in [2.24, 2.45) is 0 Å². The molecule has 0 unspecified atom stereocenters. The van der Waals surface area contributed by atoms with Crippen molar-refractivity contribution in [1.82, 2.24) is 9.62 Å².